The van der Waals surface area contributed by atoms with E-state index in [-0.39, 0.29) is 12.3 Å². The SMILES string of the molecule is COc1cc(COc2c(Cl)cc(/C=C(\C#N)c3ccc([N+](=O)[O-])cc3)cc2OC)ccc1OCc1ccccc1. The third kappa shape index (κ3) is 6.90. The predicted octanol–water partition coefficient (Wildman–Crippen LogP) is 7.49. The molecule has 0 unspecified atom stereocenters. The number of nitrogens with zero attached hydrogens (tertiary/aromatic N) is 2. The third-order valence-corrected chi connectivity index (χ3v) is 6.20. The van der Waals surface area contributed by atoms with Crippen LogP contribution in [0.3, 0.4) is 0 Å². The van der Waals surface area contributed by atoms with Crippen molar-refractivity contribution in [1.82, 2.24) is 0 Å². The van der Waals surface area contributed by atoms with Crippen LogP contribution in [0.4, 0.5) is 5.69 Å². The van der Waals surface area contributed by atoms with E-state index in [0.717, 1.165) is 11.1 Å². The number of nitriles is 1. The topological polar surface area (TPSA) is 104 Å². The number of ether oxygens (including phenoxy) is 4. The molecule has 4 aromatic rings. The third-order valence-electron chi connectivity index (χ3n) is 5.92. The van der Waals surface area contributed by atoms with E-state index in [9.17, 15) is 15.4 Å². The van der Waals surface area contributed by atoms with Gasteiger partial charge in [0.25, 0.3) is 5.69 Å². The Kier molecular flexibility index (Phi) is 9.23. The van der Waals surface area contributed by atoms with Gasteiger partial charge in [-0.05, 0) is 64.7 Å². The van der Waals surface area contributed by atoms with Crippen molar-refractivity contribution in [2.24, 2.45) is 0 Å². The van der Waals surface area contributed by atoms with Crippen LogP contribution in [0.5, 0.6) is 23.0 Å². The molecule has 0 aliphatic rings. The lowest BCUT2D eigenvalue weighted by Crippen LogP contribution is -2.01. The molecular formula is C31H25ClN2O6. The van der Waals surface area contributed by atoms with E-state index < -0.39 is 4.92 Å². The van der Waals surface area contributed by atoms with Gasteiger partial charge in [-0.25, -0.2) is 0 Å². The normalized spacial score (nSPS) is 10.9. The van der Waals surface area contributed by atoms with Crippen LogP contribution in [0.2, 0.25) is 5.02 Å². The zero-order valence-corrected chi connectivity index (χ0v) is 22.6. The van der Waals surface area contributed by atoms with Gasteiger partial charge in [-0.3, -0.25) is 10.1 Å². The molecule has 4 aromatic carbocycles. The molecule has 0 saturated heterocycles. The Morgan fingerprint density at radius 2 is 1.57 bits per heavy atom. The Balaban J connectivity index is 1.50. The molecule has 0 heterocycles. The molecule has 0 aromatic heterocycles. The number of hydrogen-bond acceptors (Lipinski definition) is 7. The van der Waals surface area contributed by atoms with Gasteiger partial charge >= 0.3 is 0 Å². The Labute approximate surface area is 236 Å². The summed E-state index contributed by atoms with van der Waals surface area (Å²) in [5.74, 6) is 1.92. The predicted molar refractivity (Wildman–Crippen MR) is 153 cm³/mol. The van der Waals surface area contributed by atoms with Gasteiger partial charge in [0.05, 0.1) is 35.8 Å². The molecule has 0 bridgehead atoms. The van der Waals surface area contributed by atoms with Crippen molar-refractivity contribution in [3.05, 3.63) is 122 Å². The molecule has 0 amide bonds. The summed E-state index contributed by atoms with van der Waals surface area (Å²) in [5.41, 5.74) is 3.27. The van der Waals surface area contributed by atoms with Crippen LogP contribution in [0.1, 0.15) is 22.3 Å². The van der Waals surface area contributed by atoms with Gasteiger partial charge in [0.1, 0.15) is 13.2 Å². The minimum absolute atomic E-state index is 0.0563. The number of hydrogen-bond donors (Lipinski definition) is 0. The fourth-order valence-electron chi connectivity index (χ4n) is 3.88. The first kappa shape index (κ1) is 28.0. The lowest BCUT2D eigenvalue weighted by Gasteiger charge is -2.15. The number of nitro groups is 1. The number of nitro benzene ring substituents is 1. The van der Waals surface area contributed by atoms with Crippen LogP contribution >= 0.6 is 11.6 Å². The Morgan fingerprint density at radius 3 is 2.23 bits per heavy atom. The molecule has 9 heteroatoms. The van der Waals surface area contributed by atoms with Crippen LogP contribution in [-0.2, 0) is 13.2 Å². The molecule has 0 saturated carbocycles. The number of benzene rings is 4. The number of allylic oxidation sites excluding steroid dienone is 1. The fraction of sp³-hybridized carbons (Fsp3) is 0.129. The van der Waals surface area contributed by atoms with Gasteiger partial charge in [0.15, 0.2) is 23.0 Å². The van der Waals surface area contributed by atoms with E-state index in [1.165, 1.54) is 31.4 Å². The summed E-state index contributed by atoms with van der Waals surface area (Å²) in [6.07, 6.45) is 1.62. The van der Waals surface area contributed by atoms with E-state index in [1.54, 1.807) is 25.3 Å². The highest BCUT2D eigenvalue weighted by Gasteiger charge is 2.14. The Bertz CT molecular complexity index is 1560. The first-order valence-corrected chi connectivity index (χ1v) is 12.5. The second kappa shape index (κ2) is 13.2. The quantitative estimate of drug-likeness (QED) is 0.0815. The molecule has 0 spiro atoms. The maximum Gasteiger partial charge on any atom is 0.269 e. The maximum atomic E-state index is 10.9. The highest BCUT2D eigenvalue weighted by Crippen LogP contribution is 2.38. The van der Waals surface area contributed by atoms with Crippen molar-refractivity contribution in [1.29, 1.82) is 5.26 Å². The van der Waals surface area contributed by atoms with Gasteiger partial charge in [-0.15, -0.1) is 0 Å². The largest absolute Gasteiger partial charge is 0.493 e. The van der Waals surface area contributed by atoms with E-state index in [4.69, 9.17) is 30.5 Å². The maximum absolute atomic E-state index is 10.9. The molecule has 0 radical (unpaired) electrons. The zero-order valence-electron chi connectivity index (χ0n) is 21.8. The number of methoxy groups -OCH3 is 2. The summed E-state index contributed by atoms with van der Waals surface area (Å²) < 4.78 is 23.0. The second-order valence-electron chi connectivity index (χ2n) is 8.56. The smallest absolute Gasteiger partial charge is 0.269 e. The van der Waals surface area contributed by atoms with E-state index in [0.29, 0.717) is 51.3 Å². The minimum Gasteiger partial charge on any atom is -0.493 e. The van der Waals surface area contributed by atoms with Crippen molar-refractivity contribution in [2.45, 2.75) is 13.2 Å². The summed E-state index contributed by atoms with van der Waals surface area (Å²) in [7, 11) is 3.07. The van der Waals surface area contributed by atoms with Crippen LogP contribution in [0.25, 0.3) is 11.6 Å². The summed E-state index contributed by atoms with van der Waals surface area (Å²) in [6.45, 7) is 0.602. The lowest BCUT2D eigenvalue weighted by atomic mass is 10.0. The van der Waals surface area contributed by atoms with Crippen LogP contribution in [0, 0.1) is 21.4 Å². The molecule has 40 heavy (non-hydrogen) atoms. The van der Waals surface area contributed by atoms with E-state index in [1.807, 2.05) is 48.5 Å². The highest BCUT2D eigenvalue weighted by molar-refractivity contribution is 6.32. The summed E-state index contributed by atoms with van der Waals surface area (Å²) in [4.78, 5) is 10.4. The van der Waals surface area contributed by atoms with Crippen LogP contribution < -0.4 is 18.9 Å². The Hall–Kier alpha value is -5.00. The van der Waals surface area contributed by atoms with Gasteiger partial charge < -0.3 is 18.9 Å². The van der Waals surface area contributed by atoms with Crippen molar-refractivity contribution >= 4 is 28.9 Å². The molecule has 202 valence electrons. The van der Waals surface area contributed by atoms with Crippen LogP contribution in [0.15, 0.2) is 84.9 Å². The summed E-state index contributed by atoms with van der Waals surface area (Å²) in [6, 6.07) is 26.6. The fourth-order valence-corrected chi connectivity index (χ4v) is 4.16. The number of halogens is 1. The average molecular weight is 557 g/mol. The molecule has 0 atom stereocenters. The standard InChI is InChI=1S/C31H25ClN2O6/c1-37-29-16-22(8-13-28(29)39-19-21-6-4-3-5-7-21)20-40-31-27(32)15-23(17-30(31)38-2)14-25(18-33)24-9-11-26(12-10-24)34(35)36/h3-17H,19-20H2,1-2H3/b25-14+. The van der Waals surface area contributed by atoms with Crippen molar-refractivity contribution in [3.63, 3.8) is 0 Å². The molecule has 8 nitrogen and oxygen atoms in total. The monoisotopic (exact) mass is 556 g/mol. The second-order valence-corrected chi connectivity index (χ2v) is 8.96. The minimum atomic E-state index is -0.493. The lowest BCUT2D eigenvalue weighted by molar-refractivity contribution is -0.384. The van der Waals surface area contributed by atoms with Gasteiger partial charge in [0, 0.05) is 12.1 Å². The number of non-ortho nitro benzene ring substituents is 1. The van der Waals surface area contributed by atoms with Crippen molar-refractivity contribution in [2.75, 3.05) is 14.2 Å². The summed E-state index contributed by atoms with van der Waals surface area (Å²) >= 11 is 6.55. The first-order chi connectivity index (χ1) is 19.4. The molecule has 4 rings (SSSR count). The molecule has 0 aliphatic carbocycles. The van der Waals surface area contributed by atoms with Gasteiger partial charge in [-0.1, -0.05) is 48.0 Å². The van der Waals surface area contributed by atoms with Gasteiger partial charge in [0.2, 0.25) is 0 Å². The van der Waals surface area contributed by atoms with E-state index >= 15 is 0 Å². The molecule has 0 N–H and O–H groups in total. The van der Waals surface area contributed by atoms with Crippen LogP contribution in [-0.4, -0.2) is 19.1 Å². The highest BCUT2D eigenvalue weighted by atomic mass is 35.5. The van der Waals surface area contributed by atoms with Crippen molar-refractivity contribution < 1.29 is 23.9 Å². The molecule has 0 fully saturated rings. The first-order valence-electron chi connectivity index (χ1n) is 12.1. The average Bonchev–Trinajstić information content (AvgIpc) is 2.98. The van der Waals surface area contributed by atoms with Gasteiger partial charge in [-0.2, -0.15) is 5.26 Å². The molecular weight excluding hydrogens is 532 g/mol. The Morgan fingerprint density at radius 1 is 0.875 bits per heavy atom. The summed E-state index contributed by atoms with van der Waals surface area (Å²) in [5, 5.41) is 20.9. The van der Waals surface area contributed by atoms with Crippen molar-refractivity contribution in [3.8, 4) is 29.1 Å². The molecule has 0 aliphatic heterocycles. The number of rotatable bonds is 11. The van der Waals surface area contributed by atoms with E-state index in [2.05, 4.69) is 6.07 Å². The zero-order chi connectivity index (χ0) is 28.5.